The van der Waals surface area contributed by atoms with Crippen molar-refractivity contribution >= 4 is 27.8 Å². The van der Waals surface area contributed by atoms with E-state index in [0.29, 0.717) is 29.4 Å². The summed E-state index contributed by atoms with van der Waals surface area (Å²) in [6.45, 7) is 4.01. The Kier molecular flexibility index (Phi) is 4.71. The number of methoxy groups -OCH3 is 1. The summed E-state index contributed by atoms with van der Waals surface area (Å²) in [5, 5.41) is 0. The zero-order valence-electron chi connectivity index (χ0n) is 13.0. The van der Waals surface area contributed by atoms with E-state index in [1.54, 1.807) is 43.5 Å². The molecule has 2 aromatic carbocycles. The number of halogens is 1. The third-order valence-electron chi connectivity index (χ3n) is 3.47. The number of benzene rings is 2. The predicted octanol–water partition coefficient (Wildman–Crippen LogP) is 4.64. The number of carbonyl (C=O) groups excluding carboxylic acids is 1. The second-order valence-electron chi connectivity index (χ2n) is 5.09. The first-order valence-electron chi connectivity index (χ1n) is 7.28. The number of Topliss-reactive ketones (excluding diaryl/α,β-unsaturated/α-hetero) is 1. The topological polar surface area (TPSA) is 44.8 Å². The van der Waals surface area contributed by atoms with Gasteiger partial charge in [-0.2, -0.15) is 0 Å². The Balaban J connectivity index is 1.89. The zero-order valence-corrected chi connectivity index (χ0v) is 14.6. The molecule has 122 valence electrons. The van der Waals surface area contributed by atoms with Crippen molar-refractivity contribution in [1.82, 2.24) is 0 Å². The molecule has 2 aromatic rings. The normalized spacial score (nSPS) is 14.2. The summed E-state index contributed by atoms with van der Waals surface area (Å²) in [5.41, 5.74) is 1.33. The Hall–Kier alpha value is -2.53. The SMILES string of the molecule is C=CCOc1ccc(/C=C2\Oc3ccc(Br)cc3C2=O)cc1OC. The molecule has 4 nitrogen and oxygen atoms in total. The fourth-order valence-corrected chi connectivity index (χ4v) is 2.72. The van der Waals surface area contributed by atoms with Crippen LogP contribution in [0.2, 0.25) is 0 Å². The summed E-state index contributed by atoms with van der Waals surface area (Å²) in [4.78, 5) is 12.4. The summed E-state index contributed by atoms with van der Waals surface area (Å²) < 4.78 is 17.3. The van der Waals surface area contributed by atoms with Gasteiger partial charge in [0.15, 0.2) is 17.3 Å². The van der Waals surface area contributed by atoms with Gasteiger partial charge in [0.05, 0.1) is 12.7 Å². The number of ketones is 1. The number of ether oxygens (including phenoxy) is 3. The molecule has 0 saturated carbocycles. The molecule has 0 aliphatic carbocycles. The maximum Gasteiger partial charge on any atom is 0.232 e. The molecular formula is C19H15BrO4. The molecule has 0 radical (unpaired) electrons. The van der Waals surface area contributed by atoms with Gasteiger partial charge in [-0.25, -0.2) is 0 Å². The van der Waals surface area contributed by atoms with Crippen LogP contribution in [0.3, 0.4) is 0 Å². The Bertz CT molecular complexity index is 839. The minimum absolute atomic E-state index is 0.141. The third-order valence-corrected chi connectivity index (χ3v) is 3.97. The van der Waals surface area contributed by atoms with Gasteiger partial charge in [0.1, 0.15) is 12.4 Å². The summed E-state index contributed by atoms with van der Waals surface area (Å²) >= 11 is 3.36. The first-order valence-corrected chi connectivity index (χ1v) is 8.07. The van der Waals surface area contributed by atoms with E-state index in [0.717, 1.165) is 10.0 Å². The molecule has 5 heteroatoms. The van der Waals surface area contributed by atoms with Crippen LogP contribution in [0.5, 0.6) is 17.2 Å². The van der Waals surface area contributed by atoms with E-state index in [-0.39, 0.29) is 11.5 Å². The fraction of sp³-hybridized carbons (Fsp3) is 0.105. The maximum atomic E-state index is 12.4. The van der Waals surface area contributed by atoms with E-state index < -0.39 is 0 Å². The molecule has 1 aliphatic heterocycles. The molecule has 0 amide bonds. The van der Waals surface area contributed by atoms with Crippen molar-refractivity contribution < 1.29 is 19.0 Å². The van der Waals surface area contributed by atoms with E-state index in [2.05, 4.69) is 22.5 Å². The Morgan fingerprint density at radius 2 is 2.04 bits per heavy atom. The smallest absolute Gasteiger partial charge is 0.232 e. The predicted molar refractivity (Wildman–Crippen MR) is 95.8 cm³/mol. The van der Waals surface area contributed by atoms with E-state index in [4.69, 9.17) is 14.2 Å². The monoisotopic (exact) mass is 386 g/mol. The Labute approximate surface area is 148 Å². The molecular weight excluding hydrogens is 372 g/mol. The van der Waals surface area contributed by atoms with Crippen molar-refractivity contribution in [3.8, 4) is 17.2 Å². The van der Waals surface area contributed by atoms with Crippen LogP contribution in [0.25, 0.3) is 6.08 Å². The lowest BCUT2D eigenvalue weighted by molar-refractivity contribution is 0.101. The number of rotatable bonds is 5. The van der Waals surface area contributed by atoms with Crippen LogP contribution in [-0.2, 0) is 0 Å². The van der Waals surface area contributed by atoms with Gasteiger partial charge in [-0.3, -0.25) is 4.79 Å². The van der Waals surface area contributed by atoms with Crippen LogP contribution in [0, 0.1) is 0 Å². The van der Waals surface area contributed by atoms with Crippen molar-refractivity contribution in [2.45, 2.75) is 0 Å². The molecule has 0 unspecified atom stereocenters. The van der Waals surface area contributed by atoms with Crippen LogP contribution in [-0.4, -0.2) is 19.5 Å². The molecule has 0 bridgehead atoms. The molecule has 0 fully saturated rings. The van der Waals surface area contributed by atoms with Gasteiger partial charge in [0.2, 0.25) is 5.78 Å². The van der Waals surface area contributed by atoms with E-state index in [9.17, 15) is 4.79 Å². The van der Waals surface area contributed by atoms with E-state index >= 15 is 0 Å². The van der Waals surface area contributed by atoms with Gasteiger partial charge in [0, 0.05) is 4.47 Å². The largest absolute Gasteiger partial charge is 0.493 e. The molecule has 1 aliphatic rings. The van der Waals surface area contributed by atoms with Gasteiger partial charge in [-0.05, 0) is 42.0 Å². The third kappa shape index (κ3) is 3.21. The number of carbonyl (C=O) groups is 1. The van der Waals surface area contributed by atoms with Gasteiger partial charge < -0.3 is 14.2 Å². The quantitative estimate of drug-likeness (QED) is 0.554. The van der Waals surface area contributed by atoms with Crippen molar-refractivity contribution in [2.24, 2.45) is 0 Å². The second-order valence-corrected chi connectivity index (χ2v) is 6.01. The van der Waals surface area contributed by atoms with Gasteiger partial charge in [-0.1, -0.05) is 34.7 Å². The standard InChI is InChI=1S/C19H15BrO4/c1-3-8-23-16-6-4-12(9-17(16)22-2)10-18-19(21)14-11-13(20)5-7-15(14)24-18/h3-7,9-11H,1,8H2,2H3/b18-10-. The summed E-state index contributed by atoms with van der Waals surface area (Å²) in [5.74, 6) is 1.90. The lowest BCUT2D eigenvalue weighted by atomic mass is 10.1. The second kappa shape index (κ2) is 6.93. The van der Waals surface area contributed by atoms with Crippen LogP contribution in [0.15, 0.2) is 59.3 Å². The summed E-state index contributed by atoms with van der Waals surface area (Å²) in [7, 11) is 1.57. The number of allylic oxidation sites excluding steroid dienone is 1. The molecule has 0 aromatic heterocycles. The lowest BCUT2D eigenvalue weighted by Crippen LogP contribution is -1.99. The fourth-order valence-electron chi connectivity index (χ4n) is 2.35. The summed E-state index contributed by atoms with van der Waals surface area (Å²) in [6, 6.07) is 10.8. The molecule has 0 saturated heterocycles. The zero-order chi connectivity index (χ0) is 17.1. The number of hydrogen-bond acceptors (Lipinski definition) is 4. The highest BCUT2D eigenvalue weighted by Crippen LogP contribution is 2.35. The molecule has 24 heavy (non-hydrogen) atoms. The molecule has 1 heterocycles. The van der Waals surface area contributed by atoms with Gasteiger partial charge in [-0.15, -0.1) is 0 Å². The van der Waals surface area contributed by atoms with Crippen LogP contribution in [0.4, 0.5) is 0 Å². The molecule has 0 atom stereocenters. The van der Waals surface area contributed by atoms with E-state index in [1.807, 2.05) is 12.1 Å². The van der Waals surface area contributed by atoms with Crippen LogP contribution < -0.4 is 14.2 Å². The maximum absolute atomic E-state index is 12.4. The first kappa shape index (κ1) is 16.3. The summed E-state index contributed by atoms with van der Waals surface area (Å²) in [6.07, 6.45) is 3.35. The first-order chi connectivity index (χ1) is 11.6. The molecule has 0 spiro atoms. The molecule has 3 rings (SSSR count). The highest BCUT2D eigenvalue weighted by atomic mass is 79.9. The van der Waals surface area contributed by atoms with Crippen molar-refractivity contribution in [1.29, 1.82) is 0 Å². The Morgan fingerprint density at radius 1 is 1.21 bits per heavy atom. The lowest BCUT2D eigenvalue weighted by Gasteiger charge is -2.10. The highest BCUT2D eigenvalue weighted by Gasteiger charge is 2.27. The average molecular weight is 387 g/mol. The van der Waals surface area contributed by atoms with Crippen molar-refractivity contribution in [3.63, 3.8) is 0 Å². The van der Waals surface area contributed by atoms with Crippen molar-refractivity contribution in [3.05, 3.63) is 70.4 Å². The van der Waals surface area contributed by atoms with Gasteiger partial charge >= 0.3 is 0 Å². The van der Waals surface area contributed by atoms with Gasteiger partial charge in [0.25, 0.3) is 0 Å². The molecule has 0 N–H and O–H groups in total. The minimum Gasteiger partial charge on any atom is -0.493 e. The van der Waals surface area contributed by atoms with Crippen LogP contribution in [0.1, 0.15) is 15.9 Å². The highest BCUT2D eigenvalue weighted by molar-refractivity contribution is 9.10. The Morgan fingerprint density at radius 3 is 2.79 bits per heavy atom. The minimum atomic E-state index is -0.141. The van der Waals surface area contributed by atoms with E-state index in [1.165, 1.54) is 0 Å². The van der Waals surface area contributed by atoms with Crippen LogP contribution >= 0.6 is 15.9 Å². The average Bonchev–Trinajstić information content (AvgIpc) is 2.89. The number of hydrogen-bond donors (Lipinski definition) is 0. The van der Waals surface area contributed by atoms with Crippen molar-refractivity contribution in [2.75, 3.05) is 13.7 Å². The number of fused-ring (bicyclic) bond motifs is 1.